The van der Waals surface area contributed by atoms with Crippen LogP contribution >= 0.6 is 0 Å². The quantitative estimate of drug-likeness (QED) is 0.781. The largest absolute Gasteiger partial charge is 0.493 e. The highest BCUT2D eigenvalue weighted by Gasteiger charge is 2.24. The molecule has 0 N–H and O–H groups in total. The predicted octanol–water partition coefficient (Wildman–Crippen LogP) is 3.15. The third-order valence-corrected chi connectivity index (χ3v) is 4.07. The third-order valence-electron chi connectivity index (χ3n) is 4.07. The molecule has 116 valence electrons. The van der Waals surface area contributed by atoms with Crippen LogP contribution in [0.25, 0.3) is 0 Å². The summed E-state index contributed by atoms with van der Waals surface area (Å²) in [6, 6.07) is 6.03. The molecule has 0 atom stereocenters. The molecule has 4 nitrogen and oxygen atoms in total. The van der Waals surface area contributed by atoms with Crippen molar-refractivity contribution >= 4 is 5.78 Å². The van der Waals surface area contributed by atoms with Gasteiger partial charge in [-0.05, 0) is 45.7 Å². The first-order valence-corrected chi connectivity index (χ1v) is 7.61. The third kappa shape index (κ3) is 3.76. The van der Waals surface area contributed by atoms with Gasteiger partial charge in [-0.2, -0.15) is 0 Å². The van der Waals surface area contributed by atoms with Gasteiger partial charge in [0.05, 0.1) is 12.7 Å². The maximum absolute atomic E-state index is 11.8. The summed E-state index contributed by atoms with van der Waals surface area (Å²) in [4.78, 5) is 14.2. The van der Waals surface area contributed by atoms with E-state index in [4.69, 9.17) is 9.47 Å². The minimum absolute atomic E-state index is 0.00326. The molecule has 0 saturated carbocycles. The van der Waals surface area contributed by atoms with Gasteiger partial charge in [0.2, 0.25) is 0 Å². The van der Waals surface area contributed by atoms with Crippen LogP contribution in [0.4, 0.5) is 0 Å². The predicted molar refractivity (Wildman–Crippen MR) is 83.4 cm³/mol. The highest BCUT2D eigenvalue weighted by molar-refractivity contribution is 5.97. The number of piperidine rings is 1. The summed E-state index contributed by atoms with van der Waals surface area (Å²) < 4.78 is 11.5. The molecule has 0 spiro atoms. The molecular formula is C17H25NO3. The Labute approximate surface area is 127 Å². The van der Waals surface area contributed by atoms with Gasteiger partial charge in [0, 0.05) is 19.1 Å². The number of para-hydroxylation sites is 1. The van der Waals surface area contributed by atoms with E-state index in [1.807, 2.05) is 12.1 Å². The number of benzene rings is 1. The van der Waals surface area contributed by atoms with Crippen molar-refractivity contribution in [3.63, 3.8) is 0 Å². The highest BCUT2D eigenvalue weighted by Crippen LogP contribution is 2.33. The van der Waals surface area contributed by atoms with E-state index in [9.17, 15) is 4.79 Å². The number of ketones is 1. The SMILES string of the molecule is COc1cccc(C(C)=O)c1OC1CCN(C(C)C)CC1. The van der Waals surface area contributed by atoms with Crippen molar-refractivity contribution in [3.05, 3.63) is 23.8 Å². The zero-order valence-electron chi connectivity index (χ0n) is 13.4. The zero-order valence-corrected chi connectivity index (χ0v) is 13.4. The van der Waals surface area contributed by atoms with E-state index >= 15 is 0 Å². The summed E-state index contributed by atoms with van der Waals surface area (Å²) >= 11 is 0. The molecule has 1 aliphatic heterocycles. The molecule has 4 heteroatoms. The molecule has 0 radical (unpaired) electrons. The second kappa shape index (κ2) is 6.94. The van der Waals surface area contributed by atoms with Crippen molar-refractivity contribution < 1.29 is 14.3 Å². The fourth-order valence-electron chi connectivity index (χ4n) is 2.75. The van der Waals surface area contributed by atoms with Crippen LogP contribution in [0.2, 0.25) is 0 Å². The van der Waals surface area contributed by atoms with E-state index < -0.39 is 0 Å². The van der Waals surface area contributed by atoms with Crippen molar-refractivity contribution in [3.8, 4) is 11.5 Å². The Morgan fingerprint density at radius 1 is 1.29 bits per heavy atom. The fraction of sp³-hybridized carbons (Fsp3) is 0.588. The number of nitrogens with zero attached hydrogens (tertiary/aromatic N) is 1. The summed E-state index contributed by atoms with van der Waals surface area (Å²) in [5, 5.41) is 0. The van der Waals surface area contributed by atoms with Gasteiger partial charge in [0.1, 0.15) is 6.10 Å². The first kappa shape index (κ1) is 15.8. The van der Waals surface area contributed by atoms with Gasteiger partial charge in [-0.15, -0.1) is 0 Å². The number of Topliss-reactive ketones (excluding diaryl/α,β-unsaturated/α-hetero) is 1. The van der Waals surface area contributed by atoms with Crippen LogP contribution in [-0.2, 0) is 0 Å². The van der Waals surface area contributed by atoms with Crippen LogP contribution in [0, 0.1) is 0 Å². The van der Waals surface area contributed by atoms with E-state index in [2.05, 4.69) is 18.7 Å². The number of carbonyl (C=O) groups is 1. The average Bonchev–Trinajstić information content (AvgIpc) is 2.47. The van der Waals surface area contributed by atoms with Gasteiger partial charge in [0.25, 0.3) is 0 Å². The van der Waals surface area contributed by atoms with Crippen molar-refractivity contribution in [1.29, 1.82) is 0 Å². The minimum Gasteiger partial charge on any atom is -0.493 e. The number of ether oxygens (including phenoxy) is 2. The van der Waals surface area contributed by atoms with E-state index in [1.54, 1.807) is 20.1 Å². The van der Waals surface area contributed by atoms with Crippen LogP contribution in [0.5, 0.6) is 11.5 Å². The van der Waals surface area contributed by atoms with Crippen molar-refractivity contribution in [2.24, 2.45) is 0 Å². The fourth-order valence-corrected chi connectivity index (χ4v) is 2.75. The summed E-state index contributed by atoms with van der Waals surface area (Å²) in [5.41, 5.74) is 0.598. The van der Waals surface area contributed by atoms with Crippen LogP contribution in [0.15, 0.2) is 18.2 Å². The van der Waals surface area contributed by atoms with Crippen LogP contribution in [-0.4, -0.2) is 43.0 Å². The van der Waals surface area contributed by atoms with Crippen molar-refractivity contribution in [2.45, 2.75) is 45.8 Å². The lowest BCUT2D eigenvalue weighted by Gasteiger charge is -2.35. The Bertz CT molecular complexity index is 491. The monoisotopic (exact) mass is 291 g/mol. The standard InChI is InChI=1S/C17H25NO3/c1-12(2)18-10-8-14(9-11-18)21-17-15(13(3)19)6-5-7-16(17)20-4/h5-7,12,14H,8-11H2,1-4H3. The maximum Gasteiger partial charge on any atom is 0.172 e. The topological polar surface area (TPSA) is 38.8 Å². The molecule has 0 amide bonds. The van der Waals surface area contributed by atoms with Gasteiger partial charge in [-0.3, -0.25) is 4.79 Å². The second-order valence-corrected chi connectivity index (χ2v) is 5.84. The summed E-state index contributed by atoms with van der Waals surface area (Å²) in [6.45, 7) is 8.06. The van der Waals surface area contributed by atoms with E-state index in [-0.39, 0.29) is 11.9 Å². The molecule has 1 aromatic carbocycles. The molecule has 1 saturated heterocycles. The maximum atomic E-state index is 11.8. The van der Waals surface area contributed by atoms with E-state index in [0.717, 1.165) is 25.9 Å². The van der Waals surface area contributed by atoms with Gasteiger partial charge >= 0.3 is 0 Å². The van der Waals surface area contributed by atoms with Crippen molar-refractivity contribution in [1.82, 2.24) is 4.90 Å². The Hall–Kier alpha value is -1.55. The molecule has 0 unspecified atom stereocenters. The number of rotatable bonds is 5. The van der Waals surface area contributed by atoms with Crippen LogP contribution in [0.1, 0.15) is 44.0 Å². The summed E-state index contributed by atoms with van der Waals surface area (Å²) in [5.74, 6) is 1.23. The molecule has 1 aliphatic rings. The van der Waals surface area contributed by atoms with Crippen molar-refractivity contribution in [2.75, 3.05) is 20.2 Å². The minimum atomic E-state index is 0.00326. The molecular weight excluding hydrogens is 266 g/mol. The van der Waals surface area contributed by atoms with E-state index in [0.29, 0.717) is 23.1 Å². The van der Waals surface area contributed by atoms with Crippen LogP contribution in [0.3, 0.4) is 0 Å². The lowest BCUT2D eigenvalue weighted by atomic mass is 10.1. The number of hydrogen-bond donors (Lipinski definition) is 0. The number of likely N-dealkylation sites (tertiary alicyclic amines) is 1. The molecule has 0 aromatic heterocycles. The molecule has 1 heterocycles. The van der Waals surface area contributed by atoms with E-state index in [1.165, 1.54) is 0 Å². The number of methoxy groups -OCH3 is 1. The first-order chi connectivity index (χ1) is 10.0. The Kier molecular flexibility index (Phi) is 5.23. The van der Waals surface area contributed by atoms with Gasteiger partial charge in [-0.25, -0.2) is 0 Å². The van der Waals surface area contributed by atoms with Gasteiger partial charge < -0.3 is 14.4 Å². The normalized spacial score (nSPS) is 17.0. The van der Waals surface area contributed by atoms with Crippen LogP contribution < -0.4 is 9.47 Å². The molecule has 2 rings (SSSR count). The summed E-state index contributed by atoms with van der Waals surface area (Å²) in [6.07, 6.45) is 2.11. The Morgan fingerprint density at radius 2 is 1.95 bits per heavy atom. The number of hydrogen-bond acceptors (Lipinski definition) is 4. The lowest BCUT2D eigenvalue weighted by Crippen LogP contribution is -2.41. The zero-order chi connectivity index (χ0) is 15.4. The Balaban J connectivity index is 2.11. The second-order valence-electron chi connectivity index (χ2n) is 5.84. The molecule has 1 aromatic rings. The number of carbonyl (C=O) groups excluding carboxylic acids is 1. The molecule has 21 heavy (non-hydrogen) atoms. The average molecular weight is 291 g/mol. The Morgan fingerprint density at radius 3 is 2.48 bits per heavy atom. The van der Waals surface area contributed by atoms with Gasteiger partial charge in [0.15, 0.2) is 17.3 Å². The molecule has 0 bridgehead atoms. The summed E-state index contributed by atoms with van der Waals surface area (Å²) in [7, 11) is 1.60. The molecule has 1 fully saturated rings. The van der Waals surface area contributed by atoms with Gasteiger partial charge in [-0.1, -0.05) is 6.07 Å². The smallest absolute Gasteiger partial charge is 0.172 e. The lowest BCUT2D eigenvalue weighted by molar-refractivity contribution is 0.0804. The highest BCUT2D eigenvalue weighted by atomic mass is 16.5. The first-order valence-electron chi connectivity index (χ1n) is 7.61. The molecule has 0 aliphatic carbocycles.